The molecule has 0 bridgehead atoms. The topological polar surface area (TPSA) is 25.2 Å². The number of nitrogens with one attached hydrogen (secondary N) is 1. The minimum atomic E-state index is 0.623. The standard InChI is InChI=1S/C12H17NO/c1-8-6-10(8)12-3-2-11(14-12)9-4-5-13-7-9/h2-3,8-10,13H,4-7H2,1H3. The van der Waals surface area contributed by atoms with Gasteiger partial charge in [0, 0.05) is 18.4 Å². The van der Waals surface area contributed by atoms with Crippen molar-refractivity contribution in [3.05, 3.63) is 23.7 Å². The van der Waals surface area contributed by atoms with E-state index in [0.717, 1.165) is 24.9 Å². The predicted octanol–water partition coefficient (Wildman–Crippen LogP) is 2.48. The second-order valence-electron chi connectivity index (χ2n) is 4.75. The Morgan fingerprint density at radius 2 is 2.14 bits per heavy atom. The SMILES string of the molecule is CC1CC1c1ccc(C2CCNC2)o1. The van der Waals surface area contributed by atoms with E-state index in [1.165, 1.54) is 24.4 Å². The maximum absolute atomic E-state index is 5.92. The molecule has 0 aromatic carbocycles. The smallest absolute Gasteiger partial charge is 0.108 e. The Bertz CT molecular complexity index is 325. The van der Waals surface area contributed by atoms with Crippen molar-refractivity contribution in [2.75, 3.05) is 13.1 Å². The zero-order chi connectivity index (χ0) is 9.54. The Labute approximate surface area is 84.7 Å². The molecule has 0 amide bonds. The first-order chi connectivity index (χ1) is 6.84. The zero-order valence-electron chi connectivity index (χ0n) is 8.62. The Morgan fingerprint density at radius 1 is 1.36 bits per heavy atom. The van der Waals surface area contributed by atoms with Crippen LogP contribution in [0.1, 0.15) is 43.1 Å². The molecule has 1 saturated carbocycles. The lowest BCUT2D eigenvalue weighted by Gasteiger charge is -2.02. The van der Waals surface area contributed by atoms with Crippen LogP contribution in [0.5, 0.6) is 0 Å². The van der Waals surface area contributed by atoms with E-state index in [4.69, 9.17) is 4.42 Å². The Morgan fingerprint density at radius 3 is 2.79 bits per heavy atom. The van der Waals surface area contributed by atoms with Gasteiger partial charge in [0.2, 0.25) is 0 Å². The summed E-state index contributed by atoms with van der Waals surface area (Å²) in [5.74, 6) is 4.61. The summed E-state index contributed by atoms with van der Waals surface area (Å²) < 4.78 is 5.92. The van der Waals surface area contributed by atoms with Gasteiger partial charge in [-0.15, -0.1) is 0 Å². The highest BCUT2D eigenvalue weighted by molar-refractivity contribution is 5.20. The second kappa shape index (κ2) is 3.13. The first-order valence-corrected chi connectivity index (χ1v) is 5.65. The maximum atomic E-state index is 5.92. The van der Waals surface area contributed by atoms with Gasteiger partial charge in [0.1, 0.15) is 11.5 Å². The van der Waals surface area contributed by atoms with E-state index in [9.17, 15) is 0 Å². The van der Waals surface area contributed by atoms with E-state index in [0.29, 0.717) is 5.92 Å². The van der Waals surface area contributed by atoms with Crippen molar-refractivity contribution < 1.29 is 4.42 Å². The fraction of sp³-hybridized carbons (Fsp3) is 0.667. The first-order valence-electron chi connectivity index (χ1n) is 5.65. The maximum Gasteiger partial charge on any atom is 0.108 e. The van der Waals surface area contributed by atoms with Gasteiger partial charge in [0.05, 0.1) is 0 Å². The van der Waals surface area contributed by atoms with Gasteiger partial charge in [-0.05, 0) is 37.4 Å². The largest absolute Gasteiger partial charge is 0.465 e. The highest BCUT2D eigenvalue weighted by Crippen LogP contribution is 2.47. The zero-order valence-corrected chi connectivity index (χ0v) is 8.62. The van der Waals surface area contributed by atoms with Crippen LogP contribution in [-0.4, -0.2) is 13.1 Å². The van der Waals surface area contributed by atoms with Crippen LogP contribution >= 0.6 is 0 Å². The summed E-state index contributed by atoms with van der Waals surface area (Å²) in [5.41, 5.74) is 0. The van der Waals surface area contributed by atoms with Crippen molar-refractivity contribution in [1.29, 1.82) is 0 Å². The van der Waals surface area contributed by atoms with Crippen LogP contribution in [0.3, 0.4) is 0 Å². The number of hydrogen-bond acceptors (Lipinski definition) is 2. The molecular formula is C12H17NO. The third-order valence-corrected chi connectivity index (χ3v) is 3.59. The van der Waals surface area contributed by atoms with E-state index in [1.807, 2.05) is 0 Å². The van der Waals surface area contributed by atoms with E-state index in [2.05, 4.69) is 24.4 Å². The molecule has 2 heteroatoms. The van der Waals surface area contributed by atoms with E-state index in [-0.39, 0.29) is 0 Å². The summed E-state index contributed by atoms with van der Waals surface area (Å²) in [4.78, 5) is 0. The molecule has 76 valence electrons. The Hall–Kier alpha value is -0.760. The molecule has 2 heterocycles. The molecule has 1 saturated heterocycles. The summed E-state index contributed by atoms with van der Waals surface area (Å²) >= 11 is 0. The monoisotopic (exact) mass is 191 g/mol. The van der Waals surface area contributed by atoms with Crippen molar-refractivity contribution in [3.8, 4) is 0 Å². The molecule has 0 radical (unpaired) electrons. The predicted molar refractivity (Wildman–Crippen MR) is 55.5 cm³/mol. The van der Waals surface area contributed by atoms with Crippen LogP contribution in [0.2, 0.25) is 0 Å². The van der Waals surface area contributed by atoms with Crippen molar-refractivity contribution in [1.82, 2.24) is 5.32 Å². The normalized spacial score (nSPS) is 36.2. The molecule has 1 aliphatic carbocycles. The molecule has 3 atom stereocenters. The molecule has 1 aliphatic heterocycles. The lowest BCUT2D eigenvalue weighted by molar-refractivity contribution is 0.435. The highest BCUT2D eigenvalue weighted by atomic mass is 16.3. The van der Waals surface area contributed by atoms with E-state index in [1.54, 1.807) is 0 Å². The van der Waals surface area contributed by atoms with Crippen molar-refractivity contribution in [2.24, 2.45) is 5.92 Å². The number of furan rings is 1. The minimum Gasteiger partial charge on any atom is -0.465 e. The van der Waals surface area contributed by atoms with Crippen LogP contribution in [-0.2, 0) is 0 Å². The summed E-state index contributed by atoms with van der Waals surface area (Å²) in [7, 11) is 0. The van der Waals surface area contributed by atoms with Crippen LogP contribution in [0, 0.1) is 5.92 Å². The number of hydrogen-bond donors (Lipinski definition) is 1. The third kappa shape index (κ3) is 1.38. The molecule has 14 heavy (non-hydrogen) atoms. The van der Waals surface area contributed by atoms with Crippen molar-refractivity contribution >= 4 is 0 Å². The molecule has 2 aliphatic rings. The van der Waals surface area contributed by atoms with E-state index < -0.39 is 0 Å². The summed E-state index contributed by atoms with van der Waals surface area (Å²) in [6.07, 6.45) is 2.54. The number of rotatable bonds is 2. The molecule has 1 N–H and O–H groups in total. The molecule has 3 rings (SSSR count). The van der Waals surface area contributed by atoms with E-state index >= 15 is 0 Å². The van der Waals surface area contributed by atoms with Gasteiger partial charge in [0.25, 0.3) is 0 Å². The summed E-state index contributed by atoms with van der Waals surface area (Å²) in [6.45, 7) is 4.53. The molecule has 2 fully saturated rings. The molecular weight excluding hydrogens is 174 g/mol. The average molecular weight is 191 g/mol. The van der Waals surface area contributed by atoms with Gasteiger partial charge in [-0.1, -0.05) is 6.92 Å². The lowest BCUT2D eigenvalue weighted by atomic mass is 10.1. The third-order valence-electron chi connectivity index (χ3n) is 3.59. The Kier molecular flexibility index (Phi) is 1.91. The molecule has 1 aromatic rings. The molecule has 1 aromatic heterocycles. The summed E-state index contributed by atoms with van der Waals surface area (Å²) in [5, 5.41) is 3.37. The quantitative estimate of drug-likeness (QED) is 0.777. The molecule has 0 spiro atoms. The average Bonchev–Trinajstić information content (AvgIpc) is 2.72. The van der Waals surface area contributed by atoms with Crippen LogP contribution in [0.15, 0.2) is 16.5 Å². The van der Waals surface area contributed by atoms with Crippen molar-refractivity contribution in [2.45, 2.75) is 31.6 Å². The van der Waals surface area contributed by atoms with Crippen molar-refractivity contribution in [3.63, 3.8) is 0 Å². The lowest BCUT2D eigenvalue weighted by Crippen LogP contribution is -2.07. The van der Waals surface area contributed by atoms with Gasteiger partial charge >= 0.3 is 0 Å². The fourth-order valence-corrected chi connectivity index (χ4v) is 2.40. The van der Waals surface area contributed by atoms with Gasteiger partial charge < -0.3 is 9.73 Å². The molecule has 2 nitrogen and oxygen atoms in total. The van der Waals surface area contributed by atoms with Gasteiger partial charge in [-0.3, -0.25) is 0 Å². The fourth-order valence-electron chi connectivity index (χ4n) is 2.40. The Balaban J connectivity index is 1.76. The summed E-state index contributed by atoms with van der Waals surface area (Å²) in [6, 6.07) is 4.36. The van der Waals surface area contributed by atoms with Gasteiger partial charge in [-0.25, -0.2) is 0 Å². The second-order valence-corrected chi connectivity index (χ2v) is 4.75. The van der Waals surface area contributed by atoms with Gasteiger partial charge in [-0.2, -0.15) is 0 Å². The van der Waals surface area contributed by atoms with Crippen LogP contribution < -0.4 is 5.32 Å². The highest BCUT2D eigenvalue weighted by Gasteiger charge is 2.37. The molecule has 3 unspecified atom stereocenters. The first kappa shape index (κ1) is 8.54. The minimum absolute atomic E-state index is 0.623. The van der Waals surface area contributed by atoms with Crippen LogP contribution in [0.4, 0.5) is 0 Å². The van der Waals surface area contributed by atoms with Crippen LogP contribution in [0.25, 0.3) is 0 Å². The van der Waals surface area contributed by atoms with Gasteiger partial charge in [0.15, 0.2) is 0 Å².